The number of hydrogen-bond acceptors (Lipinski definition) is 3. The number of aromatic carboxylic acids is 1. The van der Waals surface area contributed by atoms with Crippen molar-refractivity contribution >= 4 is 11.7 Å². The predicted molar refractivity (Wildman–Crippen MR) is 72.2 cm³/mol. The van der Waals surface area contributed by atoms with Crippen molar-refractivity contribution in [3.8, 4) is 0 Å². The first kappa shape index (κ1) is 15.4. The molecule has 0 atom stereocenters. The van der Waals surface area contributed by atoms with Gasteiger partial charge in [-0.05, 0) is 31.0 Å². The molecule has 4 nitrogen and oxygen atoms in total. The van der Waals surface area contributed by atoms with Crippen LogP contribution in [0.5, 0.6) is 0 Å². The quantitative estimate of drug-likeness (QED) is 0.676. The molecular weight excluding hydrogens is 249 g/mol. The van der Waals surface area contributed by atoms with E-state index in [1.54, 1.807) is 0 Å². The Morgan fingerprint density at radius 1 is 1.37 bits per heavy atom. The van der Waals surface area contributed by atoms with Gasteiger partial charge in [0, 0.05) is 19.8 Å². The second-order valence-corrected chi connectivity index (χ2v) is 4.25. The summed E-state index contributed by atoms with van der Waals surface area (Å²) in [5, 5.41) is 11.6. The maximum atomic E-state index is 13.5. The summed E-state index contributed by atoms with van der Waals surface area (Å²) in [4.78, 5) is 10.6. The average molecular weight is 269 g/mol. The molecule has 0 spiro atoms. The number of anilines is 1. The molecule has 0 bridgehead atoms. The molecule has 1 aromatic rings. The van der Waals surface area contributed by atoms with E-state index in [0.29, 0.717) is 18.8 Å². The summed E-state index contributed by atoms with van der Waals surface area (Å²) in [6.45, 7) is 4.10. The Kier molecular flexibility index (Phi) is 6.89. The predicted octanol–water partition coefficient (Wildman–Crippen LogP) is 3.14. The van der Waals surface area contributed by atoms with Crippen LogP contribution in [0.4, 0.5) is 10.1 Å². The van der Waals surface area contributed by atoms with Crippen LogP contribution < -0.4 is 5.32 Å². The lowest BCUT2D eigenvalue weighted by Crippen LogP contribution is -2.08. The largest absolute Gasteiger partial charge is 0.478 e. The van der Waals surface area contributed by atoms with Gasteiger partial charge in [0.25, 0.3) is 0 Å². The molecule has 2 N–H and O–H groups in total. The zero-order chi connectivity index (χ0) is 14.1. The van der Waals surface area contributed by atoms with E-state index >= 15 is 0 Å². The standard InChI is InChI=1S/C14H20FNO3/c1-2-3-8-19-9-4-7-16-13-6-5-11(14(17)18)10-12(13)15/h5-6,10,16H,2-4,7-9H2,1H3,(H,17,18). The number of unbranched alkanes of at least 4 members (excludes halogenated alkanes) is 1. The molecule has 0 fully saturated rings. The summed E-state index contributed by atoms with van der Waals surface area (Å²) in [6, 6.07) is 3.84. The molecule has 0 saturated carbocycles. The van der Waals surface area contributed by atoms with Gasteiger partial charge >= 0.3 is 5.97 Å². The fourth-order valence-corrected chi connectivity index (χ4v) is 1.54. The Bertz CT molecular complexity index is 410. The minimum Gasteiger partial charge on any atom is -0.478 e. The highest BCUT2D eigenvalue weighted by Crippen LogP contribution is 2.15. The van der Waals surface area contributed by atoms with Crippen molar-refractivity contribution < 1.29 is 19.0 Å². The van der Waals surface area contributed by atoms with Gasteiger partial charge in [0.2, 0.25) is 0 Å². The molecule has 19 heavy (non-hydrogen) atoms. The van der Waals surface area contributed by atoms with E-state index in [0.717, 1.165) is 31.9 Å². The zero-order valence-electron chi connectivity index (χ0n) is 11.1. The van der Waals surface area contributed by atoms with Crippen molar-refractivity contribution in [2.24, 2.45) is 0 Å². The van der Waals surface area contributed by atoms with E-state index in [-0.39, 0.29) is 5.56 Å². The molecule has 1 aromatic carbocycles. The van der Waals surface area contributed by atoms with Crippen LogP contribution in [0.15, 0.2) is 18.2 Å². The monoisotopic (exact) mass is 269 g/mol. The number of hydrogen-bond donors (Lipinski definition) is 2. The summed E-state index contributed by atoms with van der Waals surface area (Å²) in [6.07, 6.45) is 2.95. The van der Waals surface area contributed by atoms with Crippen LogP contribution in [0.25, 0.3) is 0 Å². The molecule has 5 heteroatoms. The molecular formula is C14H20FNO3. The second-order valence-electron chi connectivity index (χ2n) is 4.25. The van der Waals surface area contributed by atoms with Gasteiger partial charge in [0.1, 0.15) is 5.82 Å². The number of nitrogens with one attached hydrogen (secondary N) is 1. The van der Waals surface area contributed by atoms with E-state index in [1.165, 1.54) is 12.1 Å². The fourth-order valence-electron chi connectivity index (χ4n) is 1.54. The maximum Gasteiger partial charge on any atom is 0.335 e. The van der Waals surface area contributed by atoms with Crippen molar-refractivity contribution in [1.29, 1.82) is 0 Å². The lowest BCUT2D eigenvalue weighted by Gasteiger charge is -2.08. The first-order valence-corrected chi connectivity index (χ1v) is 6.49. The van der Waals surface area contributed by atoms with E-state index in [2.05, 4.69) is 12.2 Å². The molecule has 0 aromatic heterocycles. The third kappa shape index (κ3) is 5.70. The Balaban J connectivity index is 2.28. The molecule has 0 aliphatic heterocycles. The number of carboxylic acid groups (broad SMARTS) is 1. The van der Waals surface area contributed by atoms with Crippen LogP contribution in [0.1, 0.15) is 36.5 Å². The van der Waals surface area contributed by atoms with Gasteiger partial charge in [-0.2, -0.15) is 0 Å². The third-order valence-corrected chi connectivity index (χ3v) is 2.64. The SMILES string of the molecule is CCCCOCCCNc1ccc(C(=O)O)cc1F. The molecule has 0 amide bonds. The normalized spacial score (nSPS) is 10.4. The number of carboxylic acids is 1. The van der Waals surface area contributed by atoms with Gasteiger partial charge in [-0.3, -0.25) is 0 Å². The van der Waals surface area contributed by atoms with Crippen LogP contribution in [-0.4, -0.2) is 30.8 Å². The first-order chi connectivity index (χ1) is 9.15. The molecule has 106 valence electrons. The molecule has 0 saturated heterocycles. The van der Waals surface area contributed by atoms with Gasteiger partial charge in [-0.15, -0.1) is 0 Å². The highest BCUT2D eigenvalue weighted by Gasteiger charge is 2.07. The van der Waals surface area contributed by atoms with E-state index in [9.17, 15) is 9.18 Å². The second kappa shape index (κ2) is 8.48. The summed E-state index contributed by atoms with van der Waals surface area (Å²) >= 11 is 0. The minimum atomic E-state index is -1.13. The van der Waals surface area contributed by atoms with Crippen molar-refractivity contribution in [3.05, 3.63) is 29.6 Å². The van der Waals surface area contributed by atoms with E-state index < -0.39 is 11.8 Å². The van der Waals surface area contributed by atoms with Crippen LogP contribution >= 0.6 is 0 Å². The molecule has 1 rings (SSSR count). The number of benzene rings is 1. The zero-order valence-corrected chi connectivity index (χ0v) is 11.1. The lowest BCUT2D eigenvalue weighted by molar-refractivity contribution is 0.0696. The Morgan fingerprint density at radius 3 is 2.74 bits per heavy atom. The molecule has 0 aliphatic rings. The van der Waals surface area contributed by atoms with Crippen LogP contribution in [0.2, 0.25) is 0 Å². The molecule has 0 unspecified atom stereocenters. The Labute approximate surface area is 112 Å². The van der Waals surface area contributed by atoms with Crippen molar-refractivity contribution in [2.45, 2.75) is 26.2 Å². The topological polar surface area (TPSA) is 58.6 Å². The summed E-state index contributed by atoms with van der Waals surface area (Å²) in [7, 11) is 0. The maximum absolute atomic E-state index is 13.5. The van der Waals surface area contributed by atoms with Gasteiger partial charge in [-0.1, -0.05) is 13.3 Å². The third-order valence-electron chi connectivity index (χ3n) is 2.64. The van der Waals surface area contributed by atoms with Gasteiger partial charge in [0.05, 0.1) is 11.3 Å². The van der Waals surface area contributed by atoms with Crippen LogP contribution in [0.3, 0.4) is 0 Å². The van der Waals surface area contributed by atoms with Gasteiger partial charge in [-0.25, -0.2) is 9.18 Å². The van der Waals surface area contributed by atoms with E-state index in [4.69, 9.17) is 9.84 Å². The molecule has 0 radical (unpaired) electrons. The Hall–Kier alpha value is -1.62. The lowest BCUT2D eigenvalue weighted by atomic mass is 10.2. The average Bonchev–Trinajstić information content (AvgIpc) is 2.39. The highest BCUT2D eigenvalue weighted by molar-refractivity contribution is 5.88. The van der Waals surface area contributed by atoms with Crippen molar-refractivity contribution in [3.63, 3.8) is 0 Å². The number of halogens is 1. The summed E-state index contributed by atoms with van der Waals surface area (Å²) < 4.78 is 18.9. The summed E-state index contributed by atoms with van der Waals surface area (Å²) in [5.74, 6) is -1.68. The van der Waals surface area contributed by atoms with Gasteiger partial charge < -0.3 is 15.2 Å². The molecule has 0 heterocycles. The van der Waals surface area contributed by atoms with E-state index in [1.807, 2.05) is 0 Å². The summed E-state index contributed by atoms with van der Waals surface area (Å²) in [5.41, 5.74) is 0.268. The fraction of sp³-hybridized carbons (Fsp3) is 0.500. The number of carbonyl (C=O) groups is 1. The number of ether oxygens (including phenoxy) is 1. The van der Waals surface area contributed by atoms with Crippen LogP contribution in [0, 0.1) is 5.82 Å². The number of rotatable bonds is 9. The minimum absolute atomic E-state index is 0.0500. The smallest absolute Gasteiger partial charge is 0.335 e. The van der Waals surface area contributed by atoms with Crippen LogP contribution in [-0.2, 0) is 4.74 Å². The highest BCUT2D eigenvalue weighted by atomic mass is 19.1. The first-order valence-electron chi connectivity index (χ1n) is 6.49. The van der Waals surface area contributed by atoms with Crippen molar-refractivity contribution in [2.75, 3.05) is 25.1 Å². The Morgan fingerprint density at radius 2 is 2.11 bits per heavy atom. The van der Waals surface area contributed by atoms with Crippen molar-refractivity contribution in [1.82, 2.24) is 0 Å². The molecule has 0 aliphatic carbocycles. The van der Waals surface area contributed by atoms with Gasteiger partial charge in [0.15, 0.2) is 0 Å².